The van der Waals surface area contributed by atoms with Gasteiger partial charge in [0.15, 0.2) is 0 Å². The average molecular weight is 549 g/mol. The van der Waals surface area contributed by atoms with Gasteiger partial charge in [-0.15, -0.1) is 11.3 Å². The molecule has 0 bridgehead atoms. The Morgan fingerprint density at radius 2 is 2.00 bits per heavy atom. The molecule has 7 nitrogen and oxygen atoms in total. The predicted octanol–water partition coefficient (Wildman–Crippen LogP) is 5.84. The van der Waals surface area contributed by atoms with Gasteiger partial charge in [0, 0.05) is 6.54 Å². The predicted molar refractivity (Wildman–Crippen MR) is 141 cm³/mol. The van der Waals surface area contributed by atoms with E-state index < -0.39 is 16.0 Å². The average Bonchev–Trinajstić information content (AvgIpc) is 3.24. The van der Waals surface area contributed by atoms with Gasteiger partial charge < -0.3 is 9.84 Å². The summed E-state index contributed by atoms with van der Waals surface area (Å²) in [6, 6.07) is 12.4. The molecule has 10 heteroatoms. The van der Waals surface area contributed by atoms with Gasteiger partial charge in [-0.05, 0) is 74.4 Å². The molecule has 2 aromatic heterocycles. The smallest absolute Gasteiger partial charge is 0.306 e. The van der Waals surface area contributed by atoms with Crippen LogP contribution < -0.4 is 9.46 Å². The molecule has 0 radical (unpaired) electrons. The monoisotopic (exact) mass is 548 g/mol. The van der Waals surface area contributed by atoms with Crippen molar-refractivity contribution in [1.82, 2.24) is 9.71 Å². The quantitative estimate of drug-likeness (QED) is 0.348. The van der Waals surface area contributed by atoms with E-state index in [1.165, 1.54) is 11.3 Å². The van der Waals surface area contributed by atoms with Crippen molar-refractivity contribution in [3.8, 4) is 16.3 Å². The molecule has 0 unspecified atom stereocenters. The zero-order valence-electron chi connectivity index (χ0n) is 20.2. The van der Waals surface area contributed by atoms with Crippen molar-refractivity contribution >= 4 is 38.9 Å². The maximum absolute atomic E-state index is 13.0. The van der Waals surface area contributed by atoms with Crippen LogP contribution in [0.25, 0.3) is 10.6 Å². The van der Waals surface area contributed by atoms with Crippen LogP contribution in [0.3, 0.4) is 0 Å². The highest BCUT2D eigenvalue weighted by Gasteiger charge is 2.28. The highest BCUT2D eigenvalue weighted by molar-refractivity contribution is 7.89. The number of sulfonamides is 1. The third kappa shape index (κ3) is 6.08. The van der Waals surface area contributed by atoms with Crippen LogP contribution in [0.2, 0.25) is 4.34 Å². The van der Waals surface area contributed by atoms with E-state index in [-0.39, 0.29) is 23.5 Å². The maximum Gasteiger partial charge on any atom is 0.306 e. The van der Waals surface area contributed by atoms with E-state index in [0.29, 0.717) is 40.7 Å². The van der Waals surface area contributed by atoms with Gasteiger partial charge in [0.1, 0.15) is 5.75 Å². The first kappa shape index (κ1) is 26.6. The number of nitrogens with zero attached hydrogens (tertiary/aromatic N) is 1. The van der Waals surface area contributed by atoms with Gasteiger partial charge in [-0.2, -0.15) is 0 Å². The Hall–Kier alpha value is -2.46. The Bertz CT molecular complexity index is 1360. The molecule has 2 heterocycles. The van der Waals surface area contributed by atoms with Gasteiger partial charge in [-0.1, -0.05) is 36.7 Å². The van der Waals surface area contributed by atoms with Crippen LogP contribution in [-0.2, 0) is 27.8 Å². The molecule has 0 saturated heterocycles. The van der Waals surface area contributed by atoms with Crippen molar-refractivity contribution in [1.29, 1.82) is 0 Å². The lowest BCUT2D eigenvalue weighted by Gasteiger charge is -2.27. The Morgan fingerprint density at radius 1 is 1.22 bits per heavy atom. The number of ether oxygens (including phenoxy) is 1. The van der Waals surface area contributed by atoms with Crippen LogP contribution in [0.5, 0.6) is 5.75 Å². The molecule has 0 amide bonds. The van der Waals surface area contributed by atoms with Gasteiger partial charge in [0.25, 0.3) is 0 Å². The molecule has 4 rings (SSSR count). The van der Waals surface area contributed by atoms with E-state index in [1.807, 2.05) is 38.1 Å². The lowest BCUT2D eigenvalue weighted by molar-refractivity contribution is -0.143. The number of hydrogen-bond acceptors (Lipinski definition) is 6. The SMILES string of the molecule is CCc1ccccc1S(=O)(=O)NCc1cc(Cl)sc1-c1ccc(O[C@H]2CCC[C@H](C(=O)O)C2)c(C)n1. The number of carbonyl (C=O) groups is 1. The number of aliphatic carboxylic acids is 1. The number of carboxylic acids is 1. The molecule has 0 aliphatic heterocycles. The number of thiophene rings is 1. The Kier molecular flexibility index (Phi) is 8.34. The Balaban J connectivity index is 1.51. The highest BCUT2D eigenvalue weighted by Crippen LogP contribution is 2.37. The maximum atomic E-state index is 13.0. The molecule has 1 aliphatic carbocycles. The second-order valence-electron chi connectivity index (χ2n) is 8.91. The fourth-order valence-electron chi connectivity index (χ4n) is 4.51. The lowest BCUT2D eigenvalue weighted by atomic mass is 9.87. The summed E-state index contributed by atoms with van der Waals surface area (Å²) >= 11 is 7.65. The van der Waals surface area contributed by atoms with E-state index in [0.717, 1.165) is 28.8 Å². The molecule has 1 aromatic carbocycles. The third-order valence-electron chi connectivity index (χ3n) is 6.41. The van der Waals surface area contributed by atoms with E-state index in [4.69, 9.17) is 21.3 Å². The molecule has 1 saturated carbocycles. The fourth-order valence-corrected chi connectivity index (χ4v) is 7.06. The first-order valence-corrected chi connectivity index (χ1v) is 14.6. The molecule has 1 aliphatic rings. The summed E-state index contributed by atoms with van der Waals surface area (Å²) in [6.07, 6.45) is 3.27. The van der Waals surface area contributed by atoms with Crippen LogP contribution in [0.4, 0.5) is 0 Å². The van der Waals surface area contributed by atoms with Crippen LogP contribution in [0.15, 0.2) is 47.4 Å². The normalized spacial score (nSPS) is 18.2. The number of aryl methyl sites for hydroxylation is 2. The van der Waals surface area contributed by atoms with Crippen molar-refractivity contribution in [2.75, 3.05) is 0 Å². The minimum Gasteiger partial charge on any atom is -0.489 e. The van der Waals surface area contributed by atoms with Gasteiger partial charge in [0.05, 0.1) is 37.5 Å². The van der Waals surface area contributed by atoms with E-state index in [9.17, 15) is 18.3 Å². The third-order valence-corrected chi connectivity index (χ3v) is 9.24. The van der Waals surface area contributed by atoms with Crippen molar-refractivity contribution in [2.45, 2.75) is 63.5 Å². The van der Waals surface area contributed by atoms with E-state index in [1.54, 1.807) is 18.2 Å². The number of hydrogen-bond donors (Lipinski definition) is 2. The first-order chi connectivity index (χ1) is 17.2. The summed E-state index contributed by atoms with van der Waals surface area (Å²) in [4.78, 5) is 17.1. The van der Waals surface area contributed by atoms with Crippen LogP contribution in [0.1, 0.15) is 49.4 Å². The molecular formula is C26H29ClN2O5S2. The van der Waals surface area contributed by atoms with Gasteiger partial charge >= 0.3 is 5.97 Å². The van der Waals surface area contributed by atoms with Gasteiger partial charge in [0.2, 0.25) is 10.0 Å². The minimum absolute atomic E-state index is 0.0799. The zero-order valence-corrected chi connectivity index (χ0v) is 22.5. The molecule has 36 heavy (non-hydrogen) atoms. The molecule has 2 N–H and O–H groups in total. The van der Waals surface area contributed by atoms with Crippen molar-refractivity contribution in [2.24, 2.45) is 5.92 Å². The standard InChI is InChI=1S/C26H29ClN2O5S2/c1-3-17-7-4-5-10-23(17)36(32,33)28-15-19-14-24(27)35-25(19)21-11-12-22(16(2)29-21)34-20-9-6-8-18(13-20)26(30)31/h4-5,7,10-12,14,18,20,28H,3,6,8-9,13,15H2,1-2H3,(H,30,31)/t18-,20-/m0/s1. The summed E-state index contributed by atoms with van der Waals surface area (Å²) in [5.41, 5.74) is 2.85. The Labute approximate surface area is 220 Å². The highest BCUT2D eigenvalue weighted by atomic mass is 35.5. The number of benzene rings is 1. The lowest BCUT2D eigenvalue weighted by Crippen LogP contribution is -2.29. The molecule has 1 fully saturated rings. The fraction of sp³-hybridized carbons (Fsp3) is 0.385. The largest absolute Gasteiger partial charge is 0.489 e. The molecule has 3 aromatic rings. The number of carboxylic acid groups (broad SMARTS) is 1. The summed E-state index contributed by atoms with van der Waals surface area (Å²) < 4.78 is 35.3. The molecular weight excluding hydrogens is 520 g/mol. The number of pyridine rings is 1. The van der Waals surface area contributed by atoms with Crippen molar-refractivity contribution in [3.63, 3.8) is 0 Å². The summed E-state index contributed by atoms with van der Waals surface area (Å²) in [5, 5.41) is 9.33. The zero-order chi connectivity index (χ0) is 25.9. The molecule has 192 valence electrons. The summed E-state index contributed by atoms with van der Waals surface area (Å²) in [7, 11) is -3.70. The van der Waals surface area contributed by atoms with Crippen LogP contribution in [0, 0.1) is 12.8 Å². The van der Waals surface area contributed by atoms with Crippen molar-refractivity contribution < 1.29 is 23.1 Å². The topological polar surface area (TPSA) is 106 Å². The number of halogens is 1. The van der Waals surface area contributed by atoms with Crippen molar-refractivity contribution in [3.05, 3.63) is 63.6 Å². The summed E-state index contributed by atoms with van der Waals surface area (Å²) in [6.45, 7) is 3.84. The second kappa shape index (κ2) is 11.3. The first-order valence-electron chi connectivity index (χ1n) is 11.9. The number of nitrogens with one attached hydrogen (secondary N) is 1. The van der Waals surface area contributed by atoms with E-state index >= 15 is 0 Å². The van der Waals surface area contributed by atoms with Crippen LogP contribution in [-0.4, -0.2) is 30.6 Å². The second-order valence-corrected chi connectivity index (χ2v) is 12.3. The molecule has 2 atom stereocenters. The minimum atomic E-state index is -3.70. The van der Waals surface area contributed by atoms with Crippen LogP contribution >= 0.6 is 22.9 Å². The van der Waals surface area contributed by atoms with Gasteiger partial charge in [-0.3, -0.25) is 4.79 Å². The summed E-state index contributed by atoms with van der Waals surface area (Å²) in [5.74, 6) is -0.527. The van der Waals surface area contributed by atoms with E-state index in [2.05, 4.69) is 4.72 Å². The van der Waals surface area contributed by atoms with Gasteiger partial charge in [-0.25, -0.2) is 18.1 Å². The number of rotatable bonds is 9. The number of aromatic nitrogens is 1. The Morgan fingerprint density at radius 3 is 2.72 bits per heavy atom. The molecule has 0 spiro atoms.